The number of aromatic nitrogens is 1. The van der Waals surface area contributed by atoms with Gasteiger partial charge in [0.25, 0.3) is 0 Å². The predicted octanol–water partition coefficient (Wildman–Crippen LogP) is 2.90. The molecule has 0 bridgehead atoms. The highest BCUT2D eigenvalue weighted by molar-refractivity contribution is 14.1. The zero-order valence-corrected chi connectivity index (χ0v) is 10.7. The van der Waals surface area contributed by atoms with Crippen molar-refractivity contribution in [2.24, 2.45) is 0 Å². The molecule has 5 heteroatoms. The molecule has 0 aliphatic rings. The van der Waals surface area contributed by atoms with Gasteiger partial charge in [-0.3, -0.25) is 0 Å². The van der Waals surface area contributed by atoms with E-state index in [2.05, 4.69) is 4.98 Å². The summed E-state index contributed by atoms with van der Waals surface area (Å²) >= 11 is 7.81. The Bertz CT molecular complexity index is 334. The molecule has 0 atom stereocenters. The SMILES string of the molecule is CC(C)OC(=O)c1c(I)ccnc1Cl. The molecule has 14 heavy (non-hydrogen) atoms. The number of hydrogen-bond acceptors (Lipinski definition) is 3. The van der Waals surface area contributed by atoms with Gasteiger partial charge in [-0.2, -0.15) is 0 Å². The van der Waals surface area contributed by atoms with Crippen molar-refractivity contribution in [2.75, 3.05) is 0 Å². The summed E-state index contributed by atoms with van der Waals surface area (Å²) in [6.45, 7) is 3.57. The van der Waals surface area contributed by atoms with Crippen LogP contribution in [0.25, 0.3) is 0 Å². The molecule has 0 N–H and O–H groups in total. The molecule has 1 rings (SSSR count). The molecule has 0 saturated heterocycles. The van der Waals surface area contributed by atoms with Gasteiger partial charge in [0.2, 0.25) is 0 Å². The number of pyridine rings is 1. The van der Waals surface area contributed by atoms with E-state index in [0.29, 0.717) is 5.56 Å². The van der Waals surface area contributed by atoms with Gasteiger partial charge in [-0.15, -0.1) is 0 Å². The summed E-state index contributed by atoms with van der Waals surface area (Å²) in [5, 5.41) is 0.183. The van der Waals surface area contributed by atoms with Crippen molar-refractivity contribution in [3.63, 3.8) is 0 Å². The van der Waals surface area contributed by atoms with Gasteiger partial charge in [-0.1, -0.05) is 11.6 Å². The maximum Gasteiger partial charge on any atom is 0.342 e. The van der Waals surface area contributed by atoms with Crippen molar-refractivity contribution in [2.45, 2.75) is 20.0 Å². The maximum absolute atomic E-state index is 11.5. The number of halogens is 2. The van der Waals surface area contributed by atoms with Crippen LogP contribution in [0.3, 0.4) is 0 Å². The van der Waals surface area contributed by atoms with Crippen molar-refractivity contribution < 1.29 is 9.53 Å². The smallest absolute Gasteiger partial charge is 0.342 e. The first-order valence-corrected chi connectivity index (χ1v) is 5.49. The average Bonchev–Trinajstić information content (AvgIpc) is 2.01. The van der Waals surface area contributed by atoms with E-state index in [1.807, 2.05) is 22.6 Å². The van der Waals surface area contributed by atoms with Crippen molar-refractivity contribution in [1.29, 1.82) is 0 Å². The summed E-state index contributed by atoms with van der Waals surface area (Å²) in [4.78, 5) is 15.4. The van der Waals surface area contributed by atoms with Crippen molar-refractivity contribution in [1.82, 2.24) is 4.98 Å². The fraction of sp³-hybridized carbons (Fsp3) is 0.333. The molecule has 0 saturated carbocycles. The van der Waals surface area contributed by atoms with Gasteiger partial charge >= 0.3 is 5.97 Å². The molecule has 0 fully saturated rings. The number of esters is 1. The third kappa shape index (κ3) is 2.81. The van der Waals surface area contributed by atoms with Gasteiger partial charge < -0.3 is 4.74 Å². The van der Waals surface area contributed by atoms with Crippen LogP contribution < -0.4 is 0 Å². The summed E-state index contributed by atoms with van der Waals surface area (Å²) in [6.07, 6.45) is 1.39. The molecule has 0 radical (unpaired) electrons. The average molecular weight is 326 g/mol. The minimum atomic E-state index is -0.428. The summed E-state index contributed by atoms with van der Waals surface area (Å²) in [6, 6.07) is 1.71. The monoisotopic (exact) mass is 325 g/mol. The summed E-state index contributed by atoms with van der Waals surface area (Å²) < 4.78 is 5.77. The van der Waals surface area contributed by atoms with E-state index >= 15 is 0 Å². The first-order chi connectivity index (χ1) is 6.52. The van der Waals surface area contributed by atoms with Crippen LogP contribution in [0.2, 0.25) is 5.15 Å². The Morgan fingerprint density at radius 3 is 2.79 bits per heavy atom. The maximum atomic E-state index is 11.5. The van der Waals surface area contributed by atoms with Crippen LogP contribution in [0.15, 0.2) is 12.3 Å². The molecule has 0 aliphatic carbocycles. The third-order valence-corrected chi connectivity index (χ3v) is 2.59. The number of nitrogens with zero attached hydrogens (tertiary/aromatic N) is 1. The van der Waals surface area contributed by atoms with Gasteiger partial charge in [0.1, 0.15) is 10.7 Å². The first-order valence-electron chi connectivity index (χ1n) is 4.03. The highest BCUT2D eigenvalue weighted by atomic mass is 127. The highest BCUT2D eigenvalue weighted by Gasteiger charge is 2.17. The summed E-state index contributed by atoms with van der Waals surface area (Å²) in [5.74, 6) is -0.428. The molecule has 1 aromatic heterocycles. The van der Waals surface area contributed by atoms with Crippen molar-refractivity contribution >= 4 is 40.2 Å². The Balaban J connectivity index is 3.00. The Kier molecular flexibility index (Phi) is 4.12. The molecule has 1 heterocycles. The molecule has 3 nitrogen and oxygen atoms in total. The number of hydrogen-bond donors (Lipinski definition) is 0. The Morgan fingerprint density at radius 1 is 1.64 bits per heavy atom. The number of carbonyl (C=O) groups is 1. The standard InChI is InChI=1S/C9H9ClINO2/c1-5(2)14-9(13)7-6(11)3-4-12-8(7)10/h3-5H,1-2H3. The molecule has 0 amide bonds. The van der Waals surface area contributed by atoms with Crippen LogP contribution in [0.1, 0.15) is 24.2 Å². The van der Waals surface area contributed by atoms with E-state index < -0.39 is 5.97 Å². The summed E-state index contributed by atoms with van der Waals surface area (Å²) in [7, 11) is 0. The van der Waals surface area contributed by atoms with Gasteiger partial charge in [0.05, 0.1) is 6.10 Å². The lowest BCUT2D eigenvalue weighted by Crippen LogP contribution is -2.13. The molecule has 0 spiro atoms. The number of carbonyl (C=O) groups excluding carboxylic acids is 1. The lowest BCUT2D eigenvalue weighted by Gasteiger charge is -2.09. The number of rotatable bonds is 2. The predicted molar refractivity (Wildman–Crippen MR) is 62.5 cm³/mol. The largest absolute Gasteiger partial charge is 0.459 e. The Hall–Kier alpha value is -0.360. The second-order valence-electron chi connectivity index (χ2n) is 2.91. The zero-order chi connectivity index (χ0) is 10.7. The number of ether oxygens (including phenoxy) is 1. The fourth-order valence-electron chi connectivity index (χ4n) is 0.869. The van der Waals surface area contributed by atoms with Crippen LogP contribution in [0.5, 0.6) is 0 Å². The van der Waals surface area contributed by atoms with E-state index in [-0.39, 0.29) is 11.3 Å². The van der Waals surface area contributed by atoms with E-state index in [1.165, 1.54) is 0 Å². The van der Waals surface area contributed by atoms with Crippen LogP contribution >= 0.6 is 34.2 Å². The van der Waals surface area contributed by atoms with E-state index in [1.54, 1.807) is 26.1 Å². The molecule has 0 aliphatic heterocycles. The lowest BCUT2D eigenvalue weighted by molar-refractivity contribution is 0.0376. The minimum absolute atomic E-state index is 0.158. The highest BCUT2D eigenvalue weighted by Crippen LogP contribution is 2.20. The van der Waals surface area contributed by atoms with Crippen LogP contribution in [-0.2, 0) is 4.74 Å². The van der Waals surface area contributed by atoms with Crippen LogP contribution in [-0.4, -0.2) is 17.1 Å². The van der Waals surface area contributed by atoms with Gasteiger partial charge in [-0.05, 0) is 42.5 Å². The van der Waals surface area contributed by atoms with Crippen LogP contribution in [0, 0.1) is 3.57 Å². The topological polar surface area (TPSA) is 39.2 Å². The zero-order valence-electron chi connectivity index (χ0n) is 7.75. The quantitative estimate of drug-likeness (QED) is 0.477. The minimum Gasteiger partial charge on any atom is -0.459 e. The van der Waals surface area contributed by atoms with E-state index in [4.69, 9.17) is 16.3 Å². The van der Waals surface area contributed by atoms with E-state index in [9.17, 15) is 4.79 Å². The molecular weight excluding hydrogens is 316 g/mol. The molecule has 0 aromatic carbocycles. The lowest BCUT2D eigenvalue weighted by atomic mass is 10.3. The second kappa shape index (κ2) is 4.93. The van der Waals surface area contributed by atoms with E-state index in [0.717, 1.165) is 3.57 Å². The van der Waals surface area contributed by atoms with Crippen molar-refractivity contribution in [3.8, 4) is 0 Å². The van der Waals surface area contributed by atoms with Gasteiger partial charge in [-0.25, -0.2) is 9.78 Å². The molecule has 0 unspecified atom stereocenters. The third-order valence-electron chi connectivity index (χ3n) is 1.40. The normalized spacial score (nSPS) is 10.4. The Morgan fingerprint density at radius 2 is 2.29 bits per heavy atom. The van der Waals surface area contributed by atoms with Crippen molar-refractivity contribution in [3.05, 3.63) is 26.5 Å². The molecule has 1 aromatic rings. The first kappa shape index (κ1) is 11.7. The molecular formula is C9H9ClINO2. The summed E-state index contributed by atoms with van der Waals surface area (Å²) in [5.41, 5.74) is 0.337. The van der Waals surface area contributed by atoms with Gasteiger partial charge in [0, 0.05) is 9.77 Å². The second-order valence-corrected chi connectivity index (χ2v) is 4.43. The fourth-order valence-corrected chi connectivity index (χ4v) is 1.90. The van der Waals surface area contributed by atoms with Crippen LogP contribution in [0.4, 0.5) is 0 Å². The van der Waals surface area contributed by atoms with Gasteiger partial charge in [0.15, 0.2) is 0 Å². The molecule has 76 valence electrons. The Labute approximate surface area is 101 Å².